The summed E-state index contributed by atoms with van der Waals surface area (Å²) >= 11 is 0. The molecule has 2 heteroatoms. The van der Waals surface area contributed by atoms with Crippen LogP contribution < -0.4 is 10.5 Å². The highest BCUT2D eigenvalue weighted by atomic mass is 16.5. The Balaban J connectivity index is 2.08. The summed E-state index contributed by atoms with van der Waals surface area (Å²) in [5, 5.41) is 0. The molecule has 1 aromatic rings. The van der Waals surface area contributed by atoms with Crippen molar-refractivity contribution in [2.45, 2.75) is 46.5 Å². The van der Waals surface area contributed by atoms with Gasteiger partial charge < -0.3 is 10.5 Å². The second-order valence-electron chi connectivity index (χ2n) is 5.90. The van der Waals surface area contributed by atoms with Gasteiger partial charge in [-0.15, -0.1) is 0 Å². The van der Waals surface area contributed by atoms with E-state index in [1.807, 2.05) is 0 Å². The molecule has 18 heavy (non-hydrogen) atoms. The molecule has 1 saturated carbocycles. The lowest BCUT2D eigenvalue weighted by Gasteiger charge is -2.27. The van der Waals surface area contributed by atoms with Gasteiger partial charge in [-0.1, -0.05) is 18.9 Å². The summed E-state index contributed by atoms with van der Waals surface area (Å²) in [6.45, 7) is 7.91. The quantitative estimate of drug-likeness (QED) is 0.883. The fourth-order valence-electron chi connectivity index (χ4n) is 2.85. The molecule has 0 unspecified atom stereocenters. The Hall–Kier alpha value is -1.02. The monoisotopic (exact) mass is 247 g/mol. The number of ether oxygens (including phenoxy) is 1. The number of aryl methyl sites for hydroxylation is 3. The van der Waals surface area contributed by atoms with E-state index in [9.17, 15) is 0 Å². The molecular weight excluding hydrogens is 222 g/mol. The molecule has 100 valence electrons. The Bertz CT molecular complexity index is 419. The van der Waals surface area contributed by atoms with Gasteiger partial charge in [0.05, 0.1) is 6.61 Å². The van der Waals surface area contributed by atoms with E-state index >= 15 is 0 Å². The van der Waals surface area contributed by atoms with Gasteiger partial charge in [0.15, 0.2) is 0 Å². The minimum atomic E-state index is 0.227. The lowest BCUT2D eigenvalue weighted by atomic mass is 9.87. The molecule has 2 rings (SSSR count). The third kappa shape index (κ3) is 2.69. The maximum atomic E-state index is 6.07. The Morgan fingerprint density at radius 1 is 1.06 bits per heavy atom. The normalized spacial score (nSPS) is 18.0. The molecule has 0 amide bonds. The van der Waals surface area contributed by atoms with Crippen molar-refractivity contribution in [3.63, 3.8) is 0 Å². The molecule has 0 spiro atoms. The van der Waals surface area contributed by atoms with Crippen LogP contribution >= 0.6 is 0 Å². The molecule has 0 atom stereocenters. The van der Waals surface area contributed by atoms with Crippen LogP contribution in [0.15, 0.2) is 12.1 Å². The second-order valence-corrected chi connectivity index (χ2v) is 5.90. The standard InChI is InChI=1S/C16H25NO/c1-12-8-14(3)15(9-13(12)2)18-11-16(10-17)6-4-5-7-16/h8-9H,4-7,10-11,17H2,1-3H3. The first-order valence-corrected chi connectivity index (χ1v) is 6.97. The summed E-state index contributed by atoms with van der Waals surface area (Å²) in [7, 11) is 0. The van der Waals surface area contributed by atoms with E-state index in [0.717, 1.165) is 18.9 Å². The van der Waals surface area contributed by atoms with Crippen LogP contribution in [0, 0.1) is 26.2 Å². The number of rotatable bonds is 4. The Kier molecular flexibility index (Phi) is 3.96. The van der Waals surface area contributed by atoms with Crippen molar-refractivity contribution in [2.24, 2.45) is 11.1 Å². The zero-order valence-electron chi connectivity index (χ0n) is 11.9. The van der Waals surface area contributed by atoms with Gasteiger partial charge in [0.2, 0.25) is 0 Å². The summed E-state index contributed by atoms with van der Waals surface area (Å²) < 4.78 is 6.07. The van der Waals surface area contributed by atoms with E-state index in [2.05, 4.69) is 32.9 Å². The van der Waals surface area contributed by atoms with Gasteiger partial charge in [-0.2, -0.15) is 0 Å². The lowest BCUT2D eigenvalue weighted by molar-refractivity contribution is 0.156. The van der Waals surface area contributed by atoms with Gasteiger partial charge >= 0.3 is 0 Å². The molecule has 0 bridgehead atoms. The third-order valence-electron chi connectivity index (χ3n) is 4.42. The summed E-state index contributed by atoms with van der Waals surface area (Å²) in [5.74, 6) is 1.03. The fraction of sp³-hybridized carbons (Fsp3) is 0.625. The predicted octanol–water partition coefficient (Wildman–Crippen LogP) is 3.51. The minimum Gasteiger partial charge on any atom is -0.493 e. The van der Waals surface area contributed by atoms with E-state index < -0.39 is 0 Å². The first kappa shape index (κ1) is 13.4. The predicted molar refractivity (Wildman–Crippen MR) is 76.1 cm³/mol. The van der Waals surface area contributed by atoms with Gasteiger partial charge in [0.25, 0.3) is 0 Å². The fourth-order valence-corrected chi connectivity index (χ4v) is 2.85. The van der Waals surface area contributed by atoms with Gasteiger partial charge in [-0.05, 0) is 56.4 Å². The van der Waals surface area contributed by atoms with E-state index in [1.165, 1.54) is 42.4 Å². The van der Waals surface area contributed by atoms with Crippen LogP contribution in [0.25, 0.3) is 0 Å². The maximum absolute atomic E-state index is 6.07. The maximum Gasteiger partial charge on any atom is 0.122 e. The topological polar surface area (TPSA) is 35.2 Å². The molecule has 1 fully saturated rings. The van der Waals surface area contributed by atoms with E-state index in [4.69, 9.17) is 10.5 Å². The lowest BCUT2D eigenvalue weighted by Crippen LogP contribution is -2.33. The number of hydrogen-bond acceptors (Lipinski definition) is 2. The Morgan fingerprint density at radius 2 is 1.67 bits per heavy atom. The van der Waals surface area contributed by atoms with E-state index in [1.54, 1.807) is 0 Å². The van der Waals surface area contributed by atoms with Crippen molar-refractivity contribution in [1.29, 1.82) is 0 Å². The summed E-state index contributed by atoms with van der Waals surface area (Å²) in [5.41, 5.74) is 10.0. The van der Waals surface area contributed by atoms with Gasteiger partial charge in [0, 0.05) is 12.0 Å². The van der Waals surface area contributed by atoms with Crippen molar-refractivity contribution in [2.75, 3.05) is 13.2 Å². The molecular formula is C16H25NO. The second kappa shape index (κ2) is 5.31. The van der Waals surface area contributed by atoms with Crippen LogP contribution in [-0.4, -0.2) is 13.2 Å². The van der Waals surface area contributed by atoms with Gasteiger partial charge in [-0.25, -0.2) is 0 Å². The zero-order chi connectivity index (χ0) is 13.2. The van der Waals surface area contributed by atoms with E-state index in [-0.39, 0.29) is 5.41 Å². The van der Waals surface area contributed by atoms with Crippen LogP contribution in [0.5, 0.6) is 5.75 Å². The van der Waals surface area contributed by atoms with Gasteiger partial charge in [-0.3, -0.25) is 0 Å². The van der Waals surface area contributed by atoms with Gasteiger partial charge in [0.1, 0.15) is 5.75 Å². The first-order valence-electron chi connectivity index (χ1n) is 6.97. The summed E-state index contributed by atoms with van der Waals surface area (Å²) in [6, 6.07) is 4.36. The number of benzene rings is 1. The highest BCUT2D eigenvalue weighted by molar-refractivity contribution is 5.40. The Labute approximate surface area is 111 Å². The molecule has 1 aromatic carbocycles. The SMILES string of the molecule is Cc1cc(C)c(OCC2(CN)CCCC2)cc1C. The average molecular weight is 247 g/mol. The highest BCUT2D eigenvalue weighted by Gasteiger charge is 2.33. The van der Waals surface area contributed by atoms with Crippen molar-refractivity contribution in [3.05, 3.63) is 28.8 Å². The average Bonchev–Trinajstić information content (AvgIpc) is 2.82. The molecule has 2 N–H and O–H groups in total. The molecule has 1 aliphatic carbocycles. The molecule has 0 saturated heterocycles. The number of nitrogens with two attached hydrogens (primary N) is 1. The van der Waals surface area contributed by atoms with Crippen molar-refractivity contribution in [1.82, 2.24) is 0 Å². The molecule has 0 aromatic heterocycles. The molecule has 0 radical (unpaired) electrons. The van der Waals surface area contributed by atoms with Crippen molar-refractivity contribution >= 4 is 0 Å². The zero-order valence-corrected chi connectivity index (χ0v) is 11.9. The molecule has 0 heterocycles. The summed E-state index contributed by atoms with van der Waals surface area (Å²) in [6.07, 6.45) is 5.03. The first-order chi connectivity index (χ1) is 8.56. The molecule has 0 aliphatic heterocycles. The molecule has 2 nitrogen and oxygen atoms in total. The summed E-state index contributed by atoms with van der Waals surface area (Å²) in [4.78, 5) is 0. The molecule has 1 aliphatic rings. The van der Waals surface area contributed by atoms with Crippen molar-refractivity contribution in [3.8, 4) is 5.75 Å². The van der Waals surface area contributed by atoms with Crippen LogP contribution in [0.4, 0.5) is 0 Å². The Morgan fingerprint density at radius 3 is 2.28 bits per heavy atom. The minimum absolute atomic E-state index is 0.227. The highest BCUT2D eigenvalue weighted by Crippen LogP contribution is 2.38. The van der Waals surface area contributed by atoms with Crippen molar-refractivity contribution < 1.29 is 4.74 Å². The van der Waals surface area contributed by atoms with Crippen LogP contribution in [-0.2, 0) is 0 Å². The van der Waals surface area contributed by atoms with Crippen LogP contribution in [0.2, 0.25) is 0 Å². The largest absolute Gasteiger partial charge is 0.493 e. The third-order valence-corrected chi connectivity index (χ3v) is 4.42. The number of hydrogen-bond donors (Lipinski definition) is 1. The van der Waals surface area contributed by atoms with E-state index in [0.29, 0.717) is 0 Å². The van der Waals surface area contributed by atoms with Crippen LogP contribution in [0.1, 0.15) is 42.4 Å². The van der Waals surface area contributed by atoms with Crippen LogP contribution in [0.3, 0.4) is 0 Å². The smallest absolute Gasteiger partial charge is 0.122 e.